The van der Waals surface area contributed by atoms with Gasteiger partial charge in [0.25, 0.3) is 5.91 Å². The van der Waals surface area contributed by atoms with Crippen molar-refractivity contribution in [2.75, 3.05) is 0 Å². The van der Waals surface area contributed by atoms with Crippen LogP contribution < -0.4 is 5.43 Å². The van der Waals surface area contributed by atoms with E-state index in [1.165, 1.54) is 12.5 Å². The lowest BCUT2D eigenvalue weighted by Gasteiger charge is -2.00. The standard InChI is InChI=1S/C19H14N4O2/c24-19(23-20-12-16-6-3-9-25-16)18-11-17(21-22-18)15-8-7-13-4-1-2-5-14(13)10-15/h1-12H,(H,21,22)(H,23,24). The SMILES string of the molecule is O=C(NN=Cc1ccco1)c1cc(-c2ccc3ccccc3c2)n[nH]1. The van der Waals surface area contributed by atoms with Crippen LogP contribution in [0.5, 0.6) is 0 Å². The van der Waals surface area contributed by atoms with Crippen molar-refractivity contribution in [1.29, 1.82) is 0 Å². The molecule has 0 saturated carbocycles. The molecule has 4 aromatic rings. The molecule has 0 fully saturated rings. The van der Waals surface area contributed by atoms with Crippen LogP contribution in [0.4, 0.5) is 0 Å². The van der Waals surface area contributed by atoms with E-state index in [1.54, 1.807) is 18.2 Å². The minimum atomic E-state index is -0.373. The molecule has 0 saturated heterocycles. The number of nitrogens with one attached hydrogen (secondary N) is 2. The minimum Gasteiger partial charge on any atom is -0.463 e. The third kappa shape index (κ3) is 3.18. The molecular formula is C19H14N4O2. The van der Waals surface area contributed by atoms with Crippen molar-refractivity contribution in [2.24, 2.45) is 5.10 Å². The second kappa shape index (κ2) is 6.45. The maximum atomic E-state index is 12.1. The number of aromatic nitrogens is 2. The first-order valence-corrected chi connectivity index (χ1v) is 7.71. The predicted octanol–water partition coefficient (Wildman–Crippen LogP) is 3.59. The number of aromatic amines is 1. The molecule has 0 unspecified atom stereocenters. The van der Waals surface area contributed by atoms with Gasteiger partial charge in [-0.2, -0.15) is 10.2 Å². The van der Waals surface area contributed by atoms with Gasteiger partial charge in [0, 0.05) is 5.56 Å². The summed E-state index contributed by atoms with van der Waals surface area (Å²) >= 11 is 0. The zero-order valence-corrected chi connectivity index (χ0v) is 13.1. The number of benzene rings is 2. The Hall–Kier alpha value is -3.67. The molecule has 0 bridgehead atoms. The molecule has 2 aromatic carbocycles. The minimum absolute atomic E-state index is 0.333. The number of hydrogen-bond acceptors (Lipinski definition) is 4. The Bertz CT molecular complexity index is 1050. The zero-order chi connectivity index (χ0) is 17.1. The number of carbonyl (C=O) groups excluding carboxylic acids is 1. The molecule has 6 heteroatoms. The fourth-order valence-electron chi connectivity index (χ4n) is 2.51. The van der Waals surface area contributed by atoms with E-state index in [-0.39, 0.29) is 5.91 Å². The number of H-pyrrole nitrogens is 1. The summed E-state index contributed by atoms with van der Waals surface area (Å²) in [6.07, 6.45) is 2.96. The van der Waals surface area contributed by atoms with E-state index >= 15 is 0 Å². The first kappa shape index (κ1) is 14.9. The zero-order valence-electron chi connectivity index (χ0n) is 13.1. The van der Waals surface area contributed by atoms with Crippen molar-refractivity contribution in [2.45, 2.75) is 0 Å². The Morgan fingerprint density at radius 2 is 1.96 bits per heavy atom. The summed E-state index contributed by atoms with van der Waals surface area (Å²) < 4.78 is 5.10. The van der Waals surface area contributed by atoms with Crippen molar-refractivity contribution < 1.29 is 9.21 Å². The molecule has 2 heterocycles. The van der Waals surface area contributed by atoms with Gasteiger partial charge in [0.05, 0.1) is 18.2 Å². The van der Waals surface area contributed by atoms with Gasteiger partial charge in [-0.25, -0.2) is 5.43 Å². The molecule has 0 radical (unpaired) electrons. The van der Waals surface area contributed by atoms with E-state index in [0.717, 1.165) is 16.3 Å². The molecule has 2 aromatic heterocycles. The molecule has 0 spiro atoms. The largest absolute Gasteiger partial charge is 0.463 e. The van der Waals surface area contributed by atoms with Gasteiger partial charge in [-0.3, -0.25) is 9.89 Å². The van der Waals surface area contributed by atoms with Gasteiger partial charge in [0.15, 0.2) is 0 Å². The number of hydrogen-bond donors (Lipinski definition) is 2. The summed E-state index contributed by atoms with van der Waals surface area (Å²) in [6, 6.07) is 19.3. The molecule has 2 N–H and O–H groups in total. The molecule has 25 heavy (non-hydrogen) atoms. The fourth-order valence-corrected chi connectivity index (χ4v) is 2.51. The third-order valence-electron chi connectivity index (χ3n) is 3.77. The van der Waals surface area contributed by atoms with Crippen LogP contribution in [0.2, 0.25) is 0 Å². The van der Waals surface area contributed by atoms with Gasteiger partial charge in [-0.15, -0.1) is 0 Å². The first-order chi connectivity index (χ1) is 12.3. The summed E-state index contributed by atoms with van der Waals surface area (Å²) in [5.41, 5.74) is 4.40. The van der Waals surface area contributed by atoms with E-state index in [4.69, 9.17) is 4.42 Å². The maximum Gasteiger partial charge on any atom is 0.289 e. The van der Waals surface area contributed by atoms with Crippen LogP contribution in [0.25, 0.3) is 22.0 Å². The summed E-state index contributed by atoms with van der Waals surface area (Å²) in [4.78, 5) is 12.1. The lowest BCUT2D eigenvalue weighted by atomic mass is 10.1. The Morgan fingerprint density at radius 3 is 2.80 bits per heavy atom. The van der Waals surface area contributed by atoms with Crippen LogP contribution in [0.3, 0.4) is 0 Å². The van der Waals surface area contributed by atoms with Gasteiger partial charge in [-0.1, -0.05) is 36.4 Å². The van der Waals surface area contributed by atoms with Crippen LogP contribution in [-0.2, 0) is 0 Å². The number of rotatable bonds is 4. The van der Waals surface area contributed by atoms with Gasteiger partial charge >= 0.3 is 0 Å². The number of amides is 1. The molecule has 0 aliphatic heterocycles. The Labute approximate surface area is 143 Å². The Kier molecular flexibility index (Phi) is 3.84. The molecule has 122 valence electrons. The van der Waals surface area contributed by atoms with Crippen LogP contribution in [0.1, 0.15) is 16.2 Å². The number of nitrogens with zero attached hydrogens (tertiary/aromatic N) is 2. The first-order valence-electron chi connectivity index (χ1n) is 7.71. The van der Waals surface area contributed by atoms with Crippen LogP contribution >= 0.6 is 0 Å². The maximum absolute atomic E-state index is 12.1. The summed E-state index contributed by atoms with van der Waals surface area (Å²) in [5, 5.41) is 13.1. The molecule has 4 rings (SSSR count). The summed E-state index contributed by atoms with van der Waals surface area (Å²) in [6.45, 7) is 0. The van der Waals surface area contributed by atoms with Gasteiger partial charge in [0.1, 0.15) is 11.5 Å². The smallest absolute Gasteiger partial charge is 0.289 e. The highest BCUT2D eigenvalue weighted by atomic mass is 16.3. The van der Waals surface area contributed by atoms with Crippen molar-refractivity contribution in [3.63, 3.8) is 0 Å². The lowest BCUT2D eigenvalue weighted by Crippen LogP contribution is -2.17. The third-order valence-corrected chi connectivity index (χ3v) is 3.77. The highest BCUT2D eigenvalue weighted by Gasteiger charge is 2.10. The number of furan rings is 1. The van der Waals surface area contributed by atoms with Gasteiger partial charge < -0.3 is 4.42 Å². The van der Waals surface area contributed by atoms with E-state index in [9.17, 15) is 4.79 Å². The van der Waals surface area contributed by atoms with E-state index in [1.807, 2.05) is 36.4 Å². The van der Waals surface area contributed by atoms with Crippen LogP contribution in [0, 0.1) is 0 Å². The number of fused-ring (bicyclic) bond motifs is 1. The number of carbonyl (C=O) groups is 1. The fraction of sp³-hybridized carbons (Fsp3) is 0. The predicted molar refractivity (Wildman–Crippen MR) is 95.3 cm³/mol. The van der Waals surface area contributed by atoms with Crippen molar-refractivity contribution in [3.8, 4) is 11.3 Å². The normalized spacial score (nSPS) is 11.2. The second-order valence-electron chi connectivity index (χ2n) is 5.44. The topological polar surface area (TPSA) is 83.3 Å². The van der Waals surface area contributed by atoms with Crippen molar-refractivity contribution in [3.05, 3.63) is 78.4 Å². The average Bonchev–Trinajstić information content (AvgIpc) is 3.33. The molecule has 1 amide bonds. The molecule has 0 aliphatic carbocycles. The molecule has 6 nitrogen and oxygen atoms in total. The van der Waals surface area contributed by atoms with E-state index in [2.05, 4.69) is 26.8 Å². The summed E-state index contributed by atoms with van der Waals surface area (Å²) in [7, 11) is 0. The van der Waals surface area contributed by atoms with Gasteiger partial charge in [-0.05, 0) is 35.0 Å². The molecular weight excluding hydrogens is 316 g/mol. The van der Waals surface area contributed by atoms with E-state index < -0.39 is 0 Å². The van der Waals surface area contributed by atoms with Crippen molar-refractivity contribution in [1.82, 2.24) is 15.6 Å². The molecule has 0 aliphatic rings. The second-order valence-corrected chi connectivity index (χ2v) is 5.44. The Morgan fingerprint density at radius 1 is 1.08 bits per heavy atom. The van der Waals surface area contributed by atoms with Crippen molar-refractivity contribution >= 4 is 22.9 Å². The molecule has 0 atom stereocenters. The van der Waals surface area contributed by atoms with E-state index in [0.29, 0.717) is 17.1 Å². The quantitative estimate of drug-likeness (QED) is 0.443. The lowest BCUT2D eigenvalue weighted by molar-refractivity contribution is 0.0950. The van der Waals surface area contributed by atoms with Crippen LogP contribution in [0.15, 0.2) is 76.4 Å². The Balaban J connectivity index is 1.51. The van der Waals surface area contributed by atoms with Crippen LogP contribution in [-0.4, -0.2) is 22.3 Å². The summed E-state index contributed by atoms with van der Waals surface area (Å²) in [5.74, 6) is 0.184. The highest BCUT2D eigenvalue weighted by molar-refractivity contribution is 5.94. The highest BCUT2D eigenvalue weighted by Crippen LogP contribution is 2.23. The van der Waals surface area contributed by atoms with Gasteiger partial charge in [0.2, 0.25) is 0 Å². The number of hydrazone groups is 1. The average molecular weight is 330 g/mol. The monoisotopic (exact) mass is 330 g/mol.